The molecule has 0 bridgehead atoms. The first-order chi connectivity index (χ1) is 10.2. The van der Waals surface area contributed by atoms with Gasteiger partial charge >= 0.3 is 0 Å². The third kappa shape index (κ3) is 4.70. The summed E-state index contributed by atoms with van der Waals surface area (Å²) in [5.74, 6) is 0.987. The van der Waals surface area contributed by atoms with Crippen molar-refractivity contribution >= 4 is 0 Å². The summed E-state index contributed by atoms with van der Waals surface area (Å²) in [7, 11) is 1.96. The molecule has 2 unspecified atom stereocenters. The van der Waals surface area contributed by atoms with E-state index < -0.39 is 0 Å². The molecule has 1 N–H and O–H groups in total. The normalized spacial score (nSPS) is 23.2. The minimum Gasteiger partial charge on any atom is -0.492 e. The standard InChI is InChI=1S/C17H28N2O2/c1-4-16-13-21-14(2)12-19(16)9-10-20-17-8-6-5-7-15(17)11-18-3/h5-8,14,16,18H,4,9-13H2,1-3H3. The van der Waals surface area contributed by atoms with Crippen molar-refractivity contribution in [1.82, 2.24) is 10.2 Å². The Kier molecular flexibility index (Phi) is 6.49. The summed E-state index contributed by atoms with van der Waals surface area (Å²) in [6.07, 6.45) is 1.45. The molecule has 1 aliphatic rings. The molecule has 1 aliphatic heterocycles. The van der Waals surface area contributed by atoms with Crippen molar-refractivity contribution in [3.8, 4) is 5.75 Å². The average Bonchev–Trinajstić information content (AvgIpc) is 2.49. The molecule has 1 aromatic carbocycles. The summed E-state index contributed by atoms with van der Waals surface area (Å²) >= 11 is 0. The summed E-state index contributed by atoms with van der Waals surface area (Å²) in [5.41, 5.74) is 1.21. The van der Waals surface area contributed by atoms with E-state index in [0.717, 1.165) is 45.0 Å². The topological polar surface area (TPSA) is 33.7 Å². The van der Waals surface area contributed by atoms with Gasteiger partial charge in [0.2, 0.25) is 0 Å². The molecule has 4 heteroatoms. The van der Waals surface area contributed by atoms with Crippen LogP contribution in [-0.2, 0) is 11.3 Å². The Morgan fingerprint density at radius 3 is 2.95 bits per heavy atom. The van der Waals surface area contributed by atoms with Gasteiger partial charge in [-0.25, -0.2) is 0 Å². The maximum Gasteiger partial charge on any atom is 0.123 e. The Bertz CT molecular complexity index is 425. The highest BCUT2D eigenvalue weighted by Crippen LogP contribution is 2.18. The van der Waals surface area contributed by atoms with Gasteiger partial charge in [0, 0.05) is 31.2 Å². The minimum absolute atomic E-state index is 0.323. The Morgan fingerprint density at radius 2 is 2.19 bits per heavy atom. The van der Waals surface area contributed by atoms with E-state index in [9.17, 15) is 0 Å². The zero-order chi connectivity index (χ0) is 15.1. The smallest absolute Gasteiger partial charge is 0.123 e. The van der Waals surface area contributed by atoms with Gasteiger partial charge < -0.3 is 14.8 Å². The van der Waals surface area contributed by atoms with Crippen LogP contribution in [0, 0.1) is 0 Å². The maximum absolute atomic E-state index is 6.00. The third-order valence-electron chi connectivity index (χ3n) is 4.03. The number of morpholine rings is 1. The van der Waals surface area contributed by atoms with Crippen LogP contribution in [0.15, 0.2) is 24.3 Å². The van der Waals surface area contributed by atoms with Gasteiger partial charge in [0.1, 0.15) is 12.4 Å². The lowest BCUT2D eigenvalue weighted by Crippen LogP contribution is -2.49. The number of benzene rings is 1. The molecule has 0 aromatic heterocycles. The summed E-state index contributed by atoms with van der Waals surface area (Å²) in [4.78, 5) is 2.49. The van der Waals surface area contributed by atoms with E-state index >= 15 is 0 Å². The zero-order valence-corrected chi connectivity index (χ0v) is 13.5. The van der Waals surface area contributed by atoms with Crippen LogP contribution in [0.4, 0.5) is 0 Å². The van der Waals surface area contributed by atoms with Gasteiger partial charge in [0.05, 0.1) is 12.7 Å². The quantitative estimate of drug-likeness (QED) is 0.836. The fourth-order valence-electron chi connectivity index (χ4n) is 2.82. The Labute approximate surface area is 128 Å². The molecule has 21 heavy (non-hydrogen) atoms. The highest BCUT2D eigenvalue weighted by molar-refractivity contribution is 5.33. The van der Waals surface area contributed by atoms with Crippen LogP contribution in [0.5, 0.6) is 5.75 Å². The van der Waals surface area contributed by atoms with Crippen LogP contribution in [0.3, 0.4) is 0 Å². The average molecular weight is 292 g/mol. The fourth-order valence-corrected chi connectivity index (χ4v) is 2.82. The summed E-state index contributed by atoms with van der Waals surface area (Å²) in [6, 6.07) is 8.76. The lowest BCUT2D eigenvalue weighted by Gasteiger charge is -2.38. The predicted octanol–water partition coefficient (Wildman–Crippen LogP) is 2.28. The highest BCUT2D eigenvalue weighted by Gasteiger charge is 2.25. The molecule has 0 spiro atoms. The first kappa shape index (κ1) is 16.3. The zero-order valence-electron chi connectivity index (χ0n) is 13.5. The fraction of sp³-hybridized carbons (Fsp3) is 0.647. The Morgan fingerprint density at radius 1 is 1.38 bits per heavy atom. The van der Waals surface area contributed by atoms with Crippen LogP contribution in [0.1, 0.15) is 25.8 Å². The summed E-state index contributed by atoms with van der Waals surface area (Å²) in [6.45, 7) is 8.72. The van der Waals surface area contributed by atoms with Crippen LogP contribution < -0.4 is 10.1 Å². The molecule has 1 saturated heterocycles. The molecule has 4 nitrogen and oxygen atoms in total. The molecule has 0 saturated carbocycles. The molecular weight excluding hydrogens is 264 g/mol. The van der Waals surface area contributed by atoms with E-state index in [1.54, 1.807) is 0 Å². The number of rotatable bonds is 7. The van der Waals surface area contributed by atoms with Crippen molar-refractivity contribution in [3.63, 3.8) is 0 Å². The van der Waals surface area contributed by atoms with Crippen molar-refractivity contribution in [1.29, 1.82) is 0 Å². The van der Waals surface area contributed by atoms with E-state index in [1.807, 2.05) is 19.2 Å². The molecule has 1 heterocycles. The molecular formula is C17H28N2O2. The van der Waals surface area contributed by atoms with Gasteiger partial charge in [-0.2, -0.15) is 0 Å². The van der Waals surface area contributed by atoms with Crippen molar-refractivity contribution in [3.05, 3.63) is 29.8 Å². The van der Waals surface area contributed by atoms with Crippen molar-refractivity contribution in [2.75, 3.05) is 33.4 Å². The van der Waals surface area contributed by atoms with Crippen LogP contribution in [0.2, 0.25) is 0 Å². The summed E-state index contributed by atoms with van der Waals surface area (Å²) < 4.78 is 11.7. The third-order valence-corrected chi connectivity index (χ3v) is 4.03. The first-order valence-electron chi connectivity index (χ1n) is 7.95. The molecule has 0 aliphatic carbocycles. The lowest BCUT2D eigenvalue weighted by atomic mass is 10.1. The van der Waals surface area contributed by atoms with E-state index in [1.165, 1.54) is 5.56 Å². The molecule has 2 atom stereocenters. The van der Waals surface area contributed by atoms with Crippen LogP contribution in [0.25, 0.3) is 0 Å². The number of ether oxygens (including phenoxy) is 2. The minimum atomic E-state index is 0.323. The van der Waals surface area contributed by atoms with E-state index in [0.29, 0.717) is 12.1 Å². The van der Waals surface area contributed by atoms with Gasteiger partial charge in [-0.15, -0.1) is 0 Å². The van der Waals surface area contributed by atoms with Gasteiger partial charge in [0.15, 0.2) is 0 Å². The molecule has 1 fully saturated rings. The number of hydrogen-bond acceptors (Lipinski definition) is 4. The second-order valence-corrected chi connectivity index (χ2v) is 5.69. The lowest BCUT2D eigenvalue weighted by molar-refractivity contribution is -0.0586. The van der Waals surface area contributed by atoms with Crippen LogP contribution in [-0.4, -0.2) is 50.4 Å². The number of hydrogen-bond donors (Lipinski definition) is 1. The second kappa shape index (κ2) is 8.37. The monoisotopic (exact) mass is 292 g/mol. The van der Waals surface area contributed by atoms with Gasteiger partial charge in [0.25, 0.3) is 0 Å². The predicted molar refractivity (Wildman–Crippen MR) is 85.8 cm³/mol. The molecule has 0 radical (unpaired) electrons. The molecule has 2 rings (SSSR count). The molecule has 0 amide bonds. The van der Waals surface area contributed by atoms with Crippen LogP contribution >= 0.6 is 0 Å². The Balaban J connectivity index is 1.85. The van der Waals surface area contributed by atoms with Crippen molar-refractivity contribution < 1.29 is 9.47 Å². The van der Waals surface area contributed by atoms with E-state index in [-0.39, 0.29) is 0 Å². The number of para-hydroxylation sites is 1. The number of nitrogens with one attached hydrogen (secondary N) is 1. The Hall–Kier alpha value is -1.10. The van der Waals surface area contributed by atoms with E-state index in [2.05, 4.69) is 36.2 Å². The second-order valence-electron chi connectivity index (χ2n) is 5.69. The molecule has 118 valence electrons. The van der Waals surface area contributed by atoms with Gasteiger partial charge in [-0.05, 0) is 26.5 Å². The van der Waals surface area contributed by atoms with E-state index in [4.69, 9.17) is 9.47 Å². The summed E-state index contributed by atoms with van der Waals surface area (Å²) in [5, 5.41) is 3.18. The van der Waals surface area contributed by atoms with Crippen molar-refractivity contribution in [2.45, 2.75) is 39.0 Å². The SMILES string of the molecule is CCC1COC(C)CN1CCOc1ccccc1CNC. The maximum atomic E-state index is 6.00. The highest BCUT2D eigenvalue weighted by atomic mass is 16.5. The van der Waals surface area contributed by atoms with Gasteiger partial charge in [-0.3, -0.25) is 4.90 Å². The first-order valence-corrected chi connectivity index (χ1v) is 7.95. The van der Waals surface area contributed by atoms with Gasteiger partial charge in [-0.1, -0.05) is 25.1 Å². The largest absolute Gasteiger partial charge is 0.492 e. The number of nitrogens with zero attached hydrogens (tertiary/aromatic N) is 1. The molecule has 1 aromatic rings. The van der Waals surface area contributed by atoms with Crippen molar-refractivity contribution in [2.24, 2.45) is 0 Å².